The molecule has 0 amide bonds. The second-order valence-electron chi connectivity index (χ2n) is 4.12. The molecule has 2 rings (SSSR count). The number of hydrogen-bond acceptors (Lipinski definition) is 5. The maximum atomic E-state index is 11.1. The predicted octanol–water partition coefficient (Wildman–Crippen LogP) is 2.63. The van der Waals surface area contributed by atoms with Crippen LogP contribution in [0.5, 0.6) is 5.88 Å². The number of carboxylic acid groups (broad SMARTS) is 1. The van der Waals surface area contributed by atoms with E-state index in [1.807, 2.05) is 6.92 Å². The van der Waals surface area contributed by atoms with E-state index in [9.17, 15) is 4.79 Å². The van der Waals surface area contributed by atoms with Gasteiger partial charge in [0, 0.05) is 18.0 Å². The van der Waals surface area contributed by atoms with Crippen molar-refractivity contribution >= 4 is 17.3 Å². The first kappa shape index (κ1) is 13.8. The quantitative estimate of drug-likeness (QED) is 0.871. The number of carbonyl (C=O) groups is 1. The van der Waals surface area contributed by atoms with Crippen molar-refractivity contribution in [3.63, 3.8) is 0 Å². The molecule has 6 heteroatoms. The molecule has 0 aliphatic heterocycles. The molecule has 0 unspecified atom stereocenters. The van der Waals surface area contributed by atoms with Gasteiger partial charge >= 0.3 is 5.97 Å². The first-order valence-corrected chi connectivity index (χ1v) is 6.16. The van der Waals surface area contributed by atoms with Crippen molar-refractivity contribution in [2.24, 2.45) is 0 Å². The summed E-state index contributed by atoms with van der Waals surface area (Å²) in [5.41, 5.74) is 2.01. The Bertz CT molecular complexity index is 612. The van der Waals surface area contributed by atoms with Gasteiger partial charge < -0.3 is 15.2 Å². The molecule has 2 heterocycles. The van der Waals surface area contributed by atoms with Gasteiger partial charge in [-0.25, -0.2) is 9.78 Å². The van der Waals surface area contributed by atoms with Crippen molar-refractivity contribution in [2.75, 3.05) is 11.9 Å². The third-order valence-corrected chi connectivity index (χ3v) is 2.58. The van der Waals surface area contributed by atoms with Crippen LogP contribution >= 0.6 is 0 Å². The standard InChI is InChI=1S/C14H15N3O3/c1-3-20-13-5-4-10(7-16-13)17-12-6-9(2)15-8-11(12)14(18)19/h4-8H,3H2,1-2H3,(H,15,17)(H,18,19). The van der Waals surface area contributed by atoms with E-state index in [4.69, 9.17) is 9.84 Å². The molecule has 0 saturated heterocycles. The lowest BCUT2D eigenvalue weighted by atomic mass is 10.2. The number of rotatable bonds is 5. The zero-order valence-corrected chi connectivity index (χ0v) is 11.3. The third kappa shape index (κ3) is 3.23. The van der Waals surface area contributed by atoms with E-state index in [1.165, 1.54) is 6.20 Å². The van der Waals surface area contributed by atoms with Gasteiger partial charge in [0.25, 0.3) is 0 Å². The summed E-state index contributed by atoms with van der Waals surface area (Å²) in [6.07, 6.45) is 2.92. The molecule has 0 aromatic carbocycles. The van der Waals surface area contributed by atoms with E-state index in [2.05, 4.69) is 15.3 Å². The van der Waals surface area contributed by atoms with Gasteiger partial charge in [-0.1, -0.05) is 0 Å². The van der Waals surface area contributed by atoms with E-state index < -0.39 is 5.97 Å². The maximum Gasteiger partial charge on any atom is 0.339 e. The summed E-state index contributed by atoms with van der Waals surface area (Å²) in [6, 6.07) is 5.18. The van der Waals surface area contributed by atoms with Gasteiger partial charge in [0.15, 0.2) is 0 Å². The minimum Gasteiger partial charge on any atom is -0.478 e. The van der Waals surface area contributed by atoms with Crippen molar-refractivity contribution in [1.29, 1.82) is 0 Å². The highest BCUT2D eigenvalue weighted by atomic mass is 16.5. The lowest BCUT2D eigenvalue weighted by Gasteiger charge is -2.10. The third-order valence-electron chi connectivity index (χ3n) is 2.58. The monoisotopic (exact) mass is 273 g/mol. The Hall–Kier alpha value is -2.63. The average molecular weight is 273 g/mol. The highest BCUT2D eigenvalue weighted by Gasteiger charge is 2.11. The number of aromatic carboxylic acids is 1. The number of aromatic nitrogens is 2. The summed E-state index contributed by atoms with van der Waals surface area (Å²) in [7, 11) is 0. The number of ether oxygens (including phenoxy) is 1. The zero-order valence-electron chi connectivity index (χ0n) is 11.3. The fourth-order valence-electron chi connectivity index (χ4n) is 1.68. The van der Waals surface area contributed by atoms with Crippen LogP contribution in [0.15, 0.2) is 30.6 Å². The molecule has 2 N–H and O–H groups in total. The number of nitrogens with one attached hydrogen (secondary N) is 1. The Labute approximate surface area is 116 Å². The second-order valence-corrected chi connectivity index (χ2v) is 4.12. The van der Waals surface area contributed by atoms with Crippen molar-refractivity contribution in [3.8, 4) is 5.88 Å². The van der Waals surface area contributed by atoms with Gasteiger partial charge in [-0.05, 0) is 26.0 Å². The van der Waals surface area contributed by atoms with Crippen LogP contribution in [0.3, 0.4) is 0 Å². The van der Waals surface area contributed by atoms with E-state index >= 15 is 0 Å². The molecule has 0 fully saturated rings. The smallest absolute Gasteiger partial charge is 0.339 e. The van der Waals surface area contributed by atoms with Crippen LogP contribution in [0.25, 0.3) is 0 Å². The number of anilines is 2. The van der Waals surface area contributed by atoms with E-state index in [-0.39, 0.29) is 5.56 Å². The van der Waals surface area contributed by atoms with E-state index in [1.54, 1.807) is 31.3 Å². The minimum atomic E-state index is -1.03. The lowest BCUT2D eigenvalue weighted by molar-refractivity contribution is 0.0697. The summed E-state index contributed by atoms with van der Waals surface area (Å²) in [4.78, 5) is 19.2. The summed E-state index contributed by atoms with van der Waals surface area (Å²) in [6.45, 7) is 4.23. The van der Waals surface area contributed by atoms with Crippen molar-refractivity contribution in [3.05, 3.63) is 41.9 Å². The van der Waals surface area contributed by atoms with Gasteiger partial charge in [0.2, 0.25) is 5.88 Å². The van der Waals surface area contributed by atoms with Crippen LogP contribution in [0.2, 0.25) is 0 Å². The van der Waals surface area contributed by atoms with Crippen LogP contribution in [0.1, 0.15) is 23.0 Å². The predicted molar refractivity (Wildman–Crippen MR) is 74.6 cm³/mol. The van der Waals surface area contributed by atoms with Crippen LogP contribution in [-0.4, -0.2) is 27.7 Å². The summed E-state index contributed by atoms with van der Waals surface area (Å²) >= 11 is 0. The van der Waals surface area contributed by atoms with Gasteiger partial charge in [-0.2, -0.15) is 0 Å². The molecule has 20 heavy (non-hydrogen) atoms. The summed E-state index contributed by atoms with van der Waals surface area (Å²) in [5.74, 6) is -0.499. The van der Waals surface area contributed by atoms with E-state index in [0.717, 1.165) is 5.69 Å². The number of pyridine rings is 2. The molecule has 2 aromatic rings. The first-order valence-electron chi connectivity index (χ1n) is 6.16. The van der Waals surface area contributed by atoms with Gasteiger partial charge in [0.05, 0.1) is 24.2 Å². The zero-order chi connectivity index (χ0) is 14.5. The first-order chi connectivity index (χ1) is 9.60. The lowest BCUT2D eigenvalue weighted by Crippen LogP contribution is -2.04. The van der Waals surface area contributed by atoms with Gasteiger partial charge in [0.1, 0.15) is 5.56 Å². The van der Waals surface area contributed by atoms with Crippen LogP contribution in [-0.2, 0) is 0 Å². The van der Waals surface area contributed by atoms with E-state index in [0.29, 0.717) is 23.9 Å². The second kappa shape index (κ2) is 6.01. The molecule has 2 aromatic heterocycles. The summed E-state index contributed by atoms with van der Waals surface area (Å²) in [5, 5.41) is 12.2. The highest BCUT2D eigenvalue weighted by Crippen LogP contribution is 2.22. The topological polar surface area (TPSA) is 84.3 Å². The molecule has 104 valence electrons. The largest absolute Gasteiger partial charge is 0.478 e. The number of nitrogens with zero attached hydrogens (tertiary/aromatic N) is 2. The Balaban J connectivity index is 2.25. The summed E-state index contributed by atoms with van der Waals surface area (Å²) < 4.78 is 5.25. The van der Waals surface area contributed by atoms with Crippen LogP contribution in [0.4, 0.5) is 11.4 Å². The van der Waals surface area contributed by atoms with Crippen molar-refractivity contribution in [1.82, 2.24) is 9.97 Å². The Kier molecular flexibility index (Phi) is 4.14. The molecule has 0 radical (unpaired) electrons. The molecule has 6 nitrogen and oxygen atoms in total. The molecule has 0 saturated carbocycles. The molecule has 0 spiro atoms. The van der Waals surface area contributed by atoms with Gasteiger partial charge in [-0.3, -0.25) is 4.98 Å². The molecule has 0 atom stereocenters. The molecule has 0 bridgehead atoms. The van der Waals surface area contributed by atoms with Crippen molar-refractivity contribution in [2.45, 2.75) is 13.8 Å². The fourth-order valence-corrected chi connectivity index (χ4v) is 1.68. The van der Waals surface area contributed by atoms with Crippen molar-refractivity contribution < 1.29 is 14.6 Å². The Morgan fingerprint density at radius 3 is 2.75 bits per heavy atom. The number of hydrogen-bond donors (Lipinski definition) is 2. The Morgan fingerprint density at radius 1 is 1.35 bits per heavy atom. The fraction of sp³-hybridized carbons (Fsp3) is 0.214. The van der Waals surface area contributed by atoms with Gasteiger partial charge in [-0.15, -0.1) is 0 Å². The average Bonchev–Trinajstić information content (AvgIpc) is 2.41. The minimum absolute atomic E-state index is 0.115. The van der Waals surface area contributed by atoms with Crippen LogP contribution in [0, 0.1) is 6.92 Å². The molecular weight excluding hydrogens is 258 g/mol. The molecular formula is C14H15N3O3. The Morgan fingerprint density at radius 2 is 2.15 bits per heavy atom. The molecule has 0 aliphatic rings. The number of aryl methyl sites for hydroxylation is 1. The highest BCUT2D eigenvalue weighted by molar-refractivity contribution is 5.94. The molecule has 0 aliphatic carbocycles. The normalized spacial score (nSPS) is 10.1. The maximum absolute atomic E-state index is 11.1. The SMILES string of the molecule is CCOc1ccc(Nc2cc(C)ncc2C(=O)O)cn1. The van der Waals surface area contributed by atoms with Crippen LogP contribution < -0.4 is 10.1 Å². The number of carboxylic acids is 1.